The van der Waals surface area contributed by atoms with E-state index in [1.54, 1.807) is 29.4 Å². The number of rotatable bonds is 4. The fourth-order valence-corrected chi connectivity index (χ4v) is 2.90. The summed E-state index contributed by atoms with van der Waals surface area (Å²) in [5.74, 6) is -1.01. The van der Waals surface area contributed by atoms with Crippen molar-refractivity contribution >= 4 is 45.0 Å². The van der Waals surface area contributed by atoms with Crippen LogP contribution in [0.3, 0.4) is 0 Å². The molecular weight excluding hydrogens is 356 g/mol. The molecule has 0 saturated heterocycles. The molecule has 2 amide bonds. The van der Waals surface area contributed by atoms with E-state index in [-0.39, 0.29) is 11.6 Å². The molecule has 1 aromatic heterocycles. The standard InChI is InChI=1S/C14H13BrN2O3S/c1-17(8-10-3-2-6-21-10)14(20)16-12-5-4-9(13(18)19)7-11(12)15/h2-7H,8H2,1H3,(H,16,20)(H,18,19). The van der Waals surface area contributed by atoms with Gasteiger partial charge in [0.1, 0.15) is 0 Å². The topological polar surface area (TPSA) is 69.6 Å². The van der Waals surface area contributed by atoms with Crippen molar-refractivity contribution in [1.29, 1.82) is 0 Å². The van der Waals surface area contributed by atoms with Crippen molar-refractivity contribution in [1.82, 2.24) is 4.90 Å². The number of carbonyl (C=O) groups excluding carboxylic acids is 1. The third-order valence-corrected chi connectivity index (χ3v) is 4.29. The van der Waals surface area contributed by atoms with Crippen molar-refractivity contribution < 1.29 is 14.7 Å². The molecule has 2 N–H and O–H groups in total. The Morgan fingerprint density at radius 2 is 2.14 bits per heavy atom. The van der Waals surface area contributed by atoms with Crippen LogP contribution < -0.4 is 5.32 Å². The number of carbonyl (C=O) groups is 2. The number of halogens is 1. The van der Waals surface area contributed by atoms with E-state index in [1.165, 1.54) is 12.1 Å². The Kier molecular flexibility index (Phi) is 4.98. The van der Waals surface area contributed by atoms with Crippen LogP contribution in [0.2, 0.25) is 0 Å². The number of carboxylic acid groups (broad SMARTS) is 1. The number of amides is 2. The van der Waals surface area contributed by atoms with Gasteiger partial charge in [-0.25, -0.2) is 9.59 Å². The van der Waals surface area contributed by atoms with Crippen LogP contribution in [-0.4, -0.2) is 29.1 Å². The molecule has 0 radical (unpaired) electrons. The van der Waals surface area contributed by atoms with Crippen LogP contribution in [0.5, 0.6) is 0 Å². The second kappa shape index (κ2) is 6.73. The monoisotopic (exact) mass is 368 g/mol. The van der Waals surface area contributed by atoms with Crippen molar-refractivity contribution in [3.05, 3.63) is 50.6 Å². The number of anilines is 1. The molecular formula is C14H13BrN2O3S. The highest BCUT2D eigenvalue weighted by Crippen LogP contribution is 2.24. The van der Waals surface area contributed by atoms with E-state index in [0.29, 0.717) is 16.7 Å². The molecule has 2 aromatic rings. The van der Waals surface area contributed by atoms with E-state index in [9.17, 15) is 9.59 Å². The van der Waals surface area contributed by atoms with Gasteiger partial charge in [0.25, 0.3) is 0 Å². The van der Waals surface area contributed by atoms with E-state index in [2.05, 4.69) is 21.2 Å². The lowest BCUT2D eigenvalue weighted by molar-refractivity contribution is 0.0697. The average molecular weight is 369 g/mol. The minimum absolute atomic E-state index is 0.159. The summed E-state index contributed by atoms with van der Waals surface area (Å²) in [6.45, 7) is 0.522. The maximum atomic E-state index is 12.1. The largest absolute Gasteiger partial charge is 0.478 e. The van der Waals surface area contributed by atoms with Gasteiger partial charge < -0.3 is 15.3 Å². The zero-order valence-corrected chi connectivity index (χ0v) is 13.6. The molecule has 2 rings (SSSR count). The molecule has 5 nitrogen and oxygen atoms in total. The quantitative estimate of drug-likeness (QED) is 0.860. The summed E-state index contributed by atoms with van der Waals surface area (Å²) in [4.78, 5) is 25.6. The van der Waals surface area contributed by atoms with Gasteiger partial charge in [-0.1, -0.05) is 6.07 Å². The fourth-order valence-electron chi connectivity index (χ4n) is 1.67. The van der Waals surface area contributed by atoms with E-state index in [0.717, 1.165) is 4.88 Å². The first-order valence-electron chi connectivity index (χ1n) is 6.04. The SMILES string of the molecule is CN(Cc1cccs1)C(=O)Nc1ccc(C(=O)O)cc1Br. The molecule has 0 atom stereocenters. The first kappa shape index (κ1) is 15.5. The van der Waals surface area contributed by atoms with Gasteiger partial charge >= 0.3 is 12.0 Å². The highest BCUT2D eigenvalue weighted by atomic mass is 79.9. The lowest BCUT2D eigenvalue weighted by Gasteiger charge is -2.18. The van der Waals surface area contributed by atoms with Gasteiger partial charge in [0.2, 0.25) is 0 Å². The number of thiophene rings is 1. The van der Waals surface area contributed by atoms with Crippen LogP contribution in [0.4, 0.5) is 10.5 Å². The molecule has 0 fully saturated rings. The lowest BCUT2D eigenvalue weighted by atomic mass is 10.2. The summed E-state index contributed by atoms with van der Waals surface area (Å²) in [5.41, 5.74) is 0.690. The van der Waals surface area contributed by atoms with Crippen LogP contribution in [0.15, 0.2) is 40.2 Å². The molecule has 0 aliphatic rings. The number of hydrogen-bond donors (Lipinski definition) is 2. The highest BCUT2D eigenvalue weighted by Gasteiger charge is 2.13. The second-order valence-electron chi connectivity index (χ2n) is 4.37. The van der Waals surface area contributed by atoms with Crippen LogP contribution in [0.1, 0.15) is 15.2 Å². The van der Waals surface area contributed by atoms with Crippen LogP contribution >= 0.6 is 27.3 Å². The molecule has 7 heteroatoms. The van der Waals surface area contributed by atoms with E-state index in [4.69, 9.17) is 5.11 Å². The Morgan fingerprint density at radius 1 is 1.38 bits per heavy atom. The number of benzene rings is 1. The summed E-state index contributed by atoms with van der Waals surface area (Å²) in [7, 11) is 1.70. The van der Waals surface area contributed by atoms with E-state index < -0.39 is 5.97 Å². The summed E-state index contributed by atoms with van der Waals surface area (Å²) >= 11 is 4.85. The smallest absolute Gasteiger partial charge is 0.335 e. The van der Waals surface area contributed by atoms with Gasteiger partial charge in [0.15, 0.2) is 0 Å². The van der Waals surface area contributed by atoms with Gasteiger partial charge in [-0.2, -0.15) is 0 Å². The van der Waals surface area contributed by atoms with Gasteiger partial charge in [-0.15, -0.1) is 11.3 Å². The molecule has 0 unspecified atom stereocenters. The first-order valence-corrected chi connectivity index (χ1v) is 7.72. The van der Waals surface area contributed by atoms with Gasteiger partial charge in [-0.3, -0.25) is 0 Å². The molecule has 110 valence electrons. The van der Waals surface area contributed by atoms with Crippen molar-refractivity contribution in [3.63, 3.8) is 0 Å². The normalized spacial score (nSPS) is 10.2. The predicted molar refractivity (Wildman–Crippen MR) is 85.9 cm³/mol. The molecule has 0 aliphatic carbocycles. The summed E-state index contributed by atoms with van der Waals surface area (Å²) in [6.07, 6.45) is 0. The Balaban J connectivity index is 2.03. The number of nitrogens with one attached hydrogen (secondary N) is 1. The van der Waals surface area contributed by atoms with Crippen LogP contribution in [0, 0.1) is 0 Å². The second-order valence-corrected chi connectivity index (χ2v) is 6.25. The molecule has 0 aliphatic heterocycles. The molecule has 21 heavy (non-hydrogen) atoms. The maximum absolute atomic E-state index is 12.1. The minimum atomic E-state index is -1.01. The zero-order valence-electron chi connectivity index (χ0n) is 11.2. The van der Waals surface area contributed by atoms with Gasteiger partial charge in [0, 0.05) is 16.4 Å². The Bertz CT molecular complexity index is 658. The first-order chi connectivity index (χ1) is 9.97. The summed E-state index contributed by atoms with van der Waals surface area (Å²) in [6, 6.07) is 8.11. The van der Waals surface area contributed by atoms with Crippen molar-refractivity contribution in [2.24, 2.45) is 0 Å². The number of urea groups is 1. The van der Waals surface area contributed by atoms with E-state index >= 15 is 0 Å². The third-order valence-electron chi connectivity index (χ3n) is 2.78. The number of hydrogen-bond acceptors (Lipinski definition) is 3. The third kappa shape index (κ3) is 4.05. The Morgan fingerprint density at radius 3 is 2.71 bits per heavy atom. The summed E-state index contributed by atoms with van der Waals surface area (Å²) in [5, 5.41) is 13.6. The van der Waals surface area contributed by atoms with Crippen molar-refractivity contribution in [3.8, 4) is 0 Å². The minimum Gasteiger partial charge on any atom is -0.478 e. The van der Waals surface area contributed by atoms with Crippen LogP contribution in [0.25, 0.3) is 0 Å². The molecule has 0 spiro atoms. The average Bonchev–Trinajstić information content (AvgIpc) is 2.93. The molecule has 0 bridgehead atoms. The van der Waals surface area contributed by atoms with E-state index in [1.807, 2.05) is 17.5 Å². The molecule has 1 heterocycles. The Labute approximate surface area is 134 Å². The van der Waals surface area contributed by atoms with Gasteiger partial charge in [-0.05, 0) is 45.6 Å². The molecule has 1 aromatic carbocycles. The zero-order chi connectivity index (χ0) is 15.4. The highest BCUT2D eigenvalue weighted by molar-refractivity contribution is 9.10. The number of carboxylic acids is 1. The van der Waals surface area contributed by atoms with Crippen molar-refractivity contribution in [2.75, 3.05) is 12.4 Å². The van der Waals surface area contributed by atoms with Crippen molar-refractivity contribution in [2.45, 2.75) is 6.54 Å². The Hall–Kier alpha value is -1.86. The number of aromatic carboxylic acids is 1. The lowest BCUT2D eigenvalue weighted by Crippen LogP contribution is -2.30. The summed E-state index contributed by atoms with van der Waals surface area (Å²) < 4.78 is 0.528. The molecule has 0 saturated carbocycles. The number of nitrogens with zero attached hydrogens (tertiary/aromatic N) is 1. The van der Waals surface area contributed by atoms with Gasteiger partial charge in [0.05, 0.1) is 17.8 Å². The van der Waals surface area contributed by atoms with Crippen LogP contribution in [-0.2, 0) is 6.54 Å². The fraction of sp³-hybridized carbons (Fsp3) is 0.143. The maximum Gasteiger partial charge on any atom is 0.335 e. The predicted octanol–water partition coefficient (Wildman–Crippen LogP) is 3.87.